The quantitative estimate of drug-likeness (QED) is 0.369. The Bertz CT molecular complexity index is 1540. The van der Waals surface area contributed by atoms with Gasteiger partial charge in [-0.05, 0) is 49.3 Å². The van der Waals surface area contributed by atoms with E-state index < -0.39 is 28.3 Å². The van der Waals surface area contributed by atoms with Crippen LogP contribution in [0.2, 0.25) is 0 Å². The molecule has 12 nitrogen and oxygen atoms in total. The van der Waals surface area contributed by atoms with E-state index >= 15 is 0 Å². The summed E-state index contributed by atoms with van der Waals surface area (Å²) in [6.07, 6.45) is 4.00. The first kappa shape index (κ1) is 28.5. The Morgan fingerprint density at radius 2 is 1.67 bits per heavy atom. The second kappa shape index (κ2) is 10.9. The van der Waals surface area contributed by atoms with Gasteiger partial charge in [-0.1, -0.05) is 0 Å². The molecule has 2 N–H and O–H groups in total. The molecule has 3 fully saturated rings. The van der Waals surface area contributed by atoms with E-state index in [0.29, 0.717) is 16.7 Å². The van der Waals surface area contributed by atoms with Crippen molar-refractivity contribution in [2.75, 3.05) is 60.2 Å². The maximum atomic E-state index is 13.7. The number of nitrogens with zero attached hydrogens (tertiary/aromatic N) is 6. The fraction of sp³-hybridized carbons (Fsp3) is 0.556. The van der Waals surface area contributed by atoms with Gasteiger partial charge in [-0.2, -0.15) is 4.98 Å². The lowest BCUT2D eigenvalue weighted by molar-refractivity contribution is -0.0222. The summed E-state index contributed by atoms with van der Waals surface area (Å²) in [4.78, 5) is 12.7. The molecule has 0 bridgehead atoms. The highest BCUT2D eigenvalue weighted by Crippen LogP contribution is 2.54. The average molecular weight is 606 g/mol. The largest absolute Gasteiger partial charge is 0.481 e. The Morgan fingerprint density at radius 3 is 2.33 bits per heavy atom. The minimum Gasteiger partial charge on any atom is -0.481 e. The van der Waals surface area contributed by atoms with Crippen molar-refractivity contribution in [3.05, 3.63) is 24.3 Å². The van der Waals surface area contributed by atoms with E-state index in [0.717, 1.165) is 31.6 Å². The lowest BCUT2D eigenvalue weighted by atomic mass is 9.93. The van der Waals surface area contributed by atoms with Crippen molar-refractivity contribution in [1.82, 2.24) is 20.2 Å². The van der Waals surface area contributed by atoms with E-state index in [1.165, 1.54) is 20.0 Å². The minimum absolute atomic E-state index is 0.101. The molecule has 15 heteroatoms. The third-order valence-corrected chi connectivity index (χ3v) is 9.57. The molecule has 3 aromatic rings. The molecule has 2 saturated heterocycles. The van der Waals surface area contributed by atoms with Crippen LogP contribution in [-0.2, 0) is 10.0 Å². The number of methoxy groups -OCH3 is 1. The summed E-state index contributed by atoms with van der Waals surface area (Å²) in [5.41, 5.74) is 2.47. The third kappa shape index (κ3) is 6.11. The molecule has 0 atom stereocenters. The number of halogens is 2. The Hall–Kier alpha value is -3.59. The summed E-state index contributed by atoms with van der Waals surface area (Å²) >= 11 is 0. The van der Waals surface area contributed by atoms with Gasteiger partial charge in [-0.15, -0.1) is 10.2 Å². The Morgan fingerprint density at radius 1 is 0.976 bits per heavy atom. The highest BCUT2D eigenvalue weighted by Gasteiger charge is 2.44. The molecule has 0 unspecified atom stereocenters. The number of benzene rings is 1. The molecule has 2 aliphatic heterocycles. The molecule has 6 rings (SSSR count). The zero-order valence-corrected chi connectivity index (χ0v) is 24.0. The summed E-state index contributed by atoms with van der Waals surface area (Å²) in [6.45, 7) is 1.33. The molecular formula is C27H33F2N7O5S. The highest BCUT2D eigenvalue weighted by molar-refractivity contribution is 7.92. The fourth-order valence-electron chi connectivity index (χ4n) is 5.52. The highest BCUT2D eigenvalue weighted by atomic mass is 32.2. The van der Waals surface area contributed by atoms with Crippen molar-refractivity contribution in [2.24, 2.45) is 5.41 Å². The monoisotopic (exact) mass is 605 g/mol. The summed E-state index contributed by atoms with van der Waals surface area (Å²) in [5, 5.41) is 17.6. The number of ether oxygens (including phenoxy) is 1. The molecule has 3 aliphatic rings. The second-order valence-electron chi connectivity index (χ2n) is 11.2. The third-order valence-electron chi connectivity index (χ3n) is 8.31. The number of aromatic nitrogens is 4. The van der Waals surface area contributed by atoms with Gasteiger partial charge in [0.05, 0.1) is 36.4 Å². The molecule has 1 aliphatic carbocycles. The van der Waals surface area contributed by atoms with Gasteiger partial charge < -0.3 is 24.1 Å². The van der Waals surface area contributed by atoms with Gasteiger partial charge in [0.1, 0.15) is 5.69 Å². The van der Waals surface area contributed by atoms with Crippen LogP contribution in [0, 0.1) is 5.41 Å². The standard InChI is InChI=1S/C27H33F2N7O5S/c1-40-22-17-20(30-25(31-22)36-12-8-27(28,29)9-13-36)24-33-32-23(41-24)19-3-2-18(34-42(38,39)15-14-37)16-21(19)35-10-6-26(4-5-26)7-11-35/h2-3,16-17,34,37H,4-15H2,1H3. The van der Waals surface area contributed by atoms with Crippen molar-refractivity contribution < 1.29 is 31.5 Å². The lowest BCUT2D eigenvalue weighted by Gasteiger charge is -2.35. The van der Waals surface area contributed by atoms with E-state index in [9.17, 15) is 17.2 Å². The van der Waals surface area contributed by atoms with E-state index in [1.807, 2.05) is 0 Å². The van der Waals surface area contributed by atoms with E-state index in [4.69, 9.17) is 14.3 Å². The lowest BCUT2D eigenvalue weighted by Crippen LogP contribution is -2.40. The van der Waals surface area contributed by atoms with Crippen LogP contribution in [0.1, 0.15) is 38.5 Å². The van der Waals surface area contributed by atoms with Crippen LogP contribution in [0.15, 0.2) is 28.7 Å². The number of piperidine rings is 2. The first-order valence-electron chi connectivity index (χ1n) is 14.0. The van der Waals surface area contributed by atoms with Gasteiger partial charge in [0.15, 0.2) is 0 Å². The van der Waals surface area contributed by atoms with Crippen molar-refractivity contribution in [3.63, 3.8) is 0 Å². The second-order valence-corrected chi connectivity index (χ2v) is 13.1. The molecule has 4 heterocycles. The van der Waals surface area contributed by atoms with E-state index in [2.05, 4.69) is 29.8 Å². The van der Waals surface area contributed by atoms with Crippen LogP contribution < -0.4 is 19.3 Å². The summed E-state index contributed by atoms with van der Waals surface area (Å²) < 4.78 is 66.1. The number of hydrogen-bond donors (Lipinski definition) is 2. The molecule has 226 valence electrons. The van der Waals surface area contributed by atoms with Crippen molar-refractivity contribution in [2.45, 2.75) is 44.4 Å². The smallest absolute Gasteiger partial charge is 0.266 e. The molecule has 1 spiro atoms. The molecular weight excluding hydrogens is 572 g/mol. The van der Waals surface area contributed by atoms with Crippen LogP contribution in [0.4, 0.5) is 26.1 Å². The Labute approximate surface area is 242 Å². The van der Waals surface area contributed by atoms with E-state index in [-0.39, 0.29) is 55.2 Å². The maximum Gasteiger partial charge on any atom is 0.266 e. The average Bonchev–Trinajstić information content (AvgIpc) is 3.52. The zero-order chi connectivity index (χ0) is 29.5. The van der Waals surface area contributed by atoms with Gasteiger partial charge in [0, 0.05) is 45.1 Å². The van der Waals surface area contributed by atoms with Gasteiger partial charge in [-0.25, -0.2) is 22.2 Å². The topological polar surface area (TPSA) is 147 Å². The molecule has 0 amide bonds. The number of alkyl halides is 2. The maximum absolute atomic E-state index is 13.7. The van der Waals surface area contributed by atoms with Gasteiger partial charge >= 0.3 is 0 Å². The van der Waals surface area contributed by atoms with Crippen LogP contribution in [0.25, 0.3) is 23.0 Å². The van der Waals surface area contributed by atoms with Crippen molar-refractivity contribution in [3.8, 4) is 28.9 Å². The SMILES string of the molecule is COc1cc(-c2nnc(-c3ccc(NS(=O)(=O)CCO)cc3N3CCC4(CC3)CC4)o2)nc(N2CCC(F)(F)CC2)n1. The molecule has 0 radical (unpaired) electrons. The summed E-state index contributed by atoms with van der Waals surface area (Å²) in [7, 11) is -2.27. The Balaban J connectivity index is 1.31. The summed E-state index contributed by atoms with van der Waals surface area (Å²) in [5.74, 6) is -2.33. The number of rotatable bonds is 9. The fourth-order valence-corrected chi connectivity index (χ4v) is 6.35. The first-order valence-corrected chi connectivity index (χ1v) is 15.6. The van der Waals surface area contributed by atoms with E-state index in [1.54, 1.807) is 29.2 Å². The Kier molecular flexibility index (Phi) is 7.41. The summed E-state index contributed by atoms with van der Waals surface area (Å²) in [6, 6.07) is 6.63. The van der Waals surface area contributed by atoms with Gasteiger partial charge in [-0.3, -0.25) is 4.72 Å². The number of aliphatic hydroxyl groups is 1. The van der Waals surface area contributed by atoms with Crippen molar-refractivity contribution >= 4 is 27.3 Å². The number of aliphatic hydroxyl groups excluding tert-OH is 1. The number of anilines is 3. The number of hydrogen-bond acceptors (Lipinski definition) is 11. The molecule has 42 heavy (non-hydrogen) atoms. The normalized spacial score (nSPS) is 19.6. The molecule has 2 aromatic heterocycles. The number of nitrogens with one attached hydrogen (secondary N) is 1. The van der Waals surface area contributed by atoms with Crippen LogP contribution in [0.3, 0.4) is 0 Å². The minimum atomic E-state index is -3.72. The number of sulfonamides is 1. The van der Waals surface area contributed by atoms with Crippen molar-refractivity contribution in [1.29, 1.82) is 0 Å². The van der Waals surface area contributed by atoms with Gasteiger partial charge in [0.25, 0.3) is 11.8 Å². The van der Waals surface area contributed by atoms with Crippen LogP contribution in [-0.4, -0.2) is 85.3 Å². The molecule has 1 aromatic carbocycles. The predicted octanol–water partition coefficient (Wildman–Crippen LogP) is 3.55. The molecule has 1 saturated carbocycles. The van der Waals surface area contributed by atoms with Crippen LogP contribution >= 0.6 is 0 Å². The predicted molar refractivity (Wildman–Crippen MR) is 151 cm³/mol. The van der Waals surface area contributed by atoms with Crippen LogP contribution in [0.5, 0.6) is 5.88 Å². The first-order chi connectivity index (χ1) is 20.1. The zero-order valence-electron chi connectivity index (χ0n) is 23.2. The van der Waals surface area contributed by atoms with Gasteiger partial charge in [0.2, 0.25) is 27.7 Å².